The number of nitrogens with one attached hydrogen (secondary N) is 2. The molecule has 0 atom stereocenters. The minimum Gasteiger partial charge on any atom is -0.408 e. The quantitative estimate of drug-likeness (QED) is 0.735. The van der Waals surface area contributed by atoms with Crippen molar-refractivity contribution >= 4 is 22.7 Å². The van der Waals surface area contributed by atoms with E-state index < -0.39 is 11.3 Å². The van der Waals surface area contributed by atoms with E-state index in [1.54, 1.807) is 18.2 Å². The van der Waals surface area contributed by atoms with E-state index in [1.807, 2.05) is 0 Å². The van der Waals surface area contributed by atoms with Gasteiger partial charge in [0.05, 0.1) is 11.1 Å². The fraction of sp³-hybridized carbons (Fsp3) is 0.333. The van der Waals surface area contributed by atoms with Gasteiger partial charge in [-0.2, -0.15) is 0 Å². The van der Waals surface area contributed by atoms with Crippen LogP contribution in [-0.2, 0) is 4.79 Å². The van der Waals surface area contributed by atoms with Crippen molar-refractivity contribution in [1.82, 2.24) is 4.98 Å². The summed E-state index contributed by atoms with van der Waals surface area (Å²) in [6, 6.07) is 4.96. The van der Waals surface area contributed by atoms with E-state index in [1.165, 1.54) is 0 Å². The van der Waals surface area contributed by atoms with Crippen molar-refractivity contribution in [2.45, 2.75) is 24.8 Å². The Kier molecular flexibility index (Phi) is 2.27. The van der Waals surface area contributed by atoms with Crippen molar-refractivity contribution in [2.75, 3.05) is 5.32 Å². The normalized spacial score (nSPS) is 17.4. The standard InChI is InChI=1S/C12H13N3O3/c13-12(4-1-5-12)10(16)14-7-2-3-9-8(6-7)15-11(17)18-9/h2-3,6H,1,4-5,13H2,(H,14,16)(H,15,17). The van der Waals surface area contributed by atoms with Gasteiger partial charge in [-0.15, -0.1) is 0 Å². The Hall–Kier alpha value is -2.08. The summed E-state index contributed by atoms with van der Waals surface area (Å²) in [5.41, 5.74) is 6.80. The summed E-state index contributed by atoms with van der Waals surface area (Å²) in [4.78, 5) is 25.5. The molecule has 2 aromatic rings. The van der Waals surface area contributed by atoms with E-state index in [-0.39, 0.29) is 5.91 Å². The number of amides is 1. The Morgan fingerprint density at radius 1 is 1.44 bits per heavy atom. The predicted octanol–water partition coefficient (Wildman–Crippen LogP) is 0.941. The van der Waals surface area contributed by atoms with Crippen LogP contribution in [0.15, 0.2) is 27.4 Å². The van der Waals surface area contributed by atoms with Gasteiger partial charge in [0, 0.05) is 5.69 Å². The van der Waals surface area contributed by atoms with Crippen LogP contribution in [0, 0.1) is 0 Å². The highest BCUT2D eigenvalue weighted by atomic mass is 16.4. The number of hydrogen-bond donors (Lipinski definition) is 3. The number of hydrogen-bond acceptors (Lipinski definition) is 4. The lowest BCUT2D eigenvalue weighted by Gasteiger charge is -2.36. The van der Waals surface area contributed by atoms with E-state index in [4.69, 9.17) is 10.2 Å². The molecule has 0 unspecified atom stereocenters. The maximum absolute atomic E-state index is 11.9. The summed E-state index contributed by atoms with van der Waals surface area (Å²) in [5.74, 6) is -0.693. The third kappa shape index (κ3) is 1.70. The van der Waals surface area contributed by atoms with Crippen molar-refractivity contribution < 1.29 is 9.21 Å². The molecule has 1 fully saturated rings. The van der Waals surface area contributed by atoms with Gasteiger partial charge in [0.1, 0.15) is 0 Å². The van der Waals surface area contributed by atoms with Gasteiger partial charge in [-0.25, -0.2) is 4.79 Å². The van der Waals surface area contributed by atoms with Crippen molar-refractivity contribution in [2.24, 2.45) is 5.73 Å². The molecule has 0 aliphatic heterocycles. The van der Waals surface area contributed by atoms with Gasteiger partial charge in [0.15, 0.2) is 5.58 Å². The number of carbonyl (C=O) groups excluding carboxylic acids is 1. The highest BCUT2D eigenvalue weighted by Gasteiger charge is 2.40. The highest BCUT2D eigenvalue weighted by molar-refractivity contribution is 5.99. The SMILES string of the molecule is NC1(C(=O)Nc2ccc3oc(=O)[nH]c3c2)CCC1. The first kappa shape index (κ1) is 11.0. The van der Waals surface area contributed by atoms with Crippen LogP contribution < -0.4 is 16.8 Å². The number of nitrogens with two attached hydrogens (primary N) is 1. The molecule has 4 N–H and O–H groups in total. The van der Waals surface area contributed by atoms with Crippen LogP contribution in [0.1, 0.15) is 19.3 Å². The molecule has 18 heavy (non-hydrogen) atoms. The first-order valence-electron chi connectivity index (χ1n) is 5.80. The number of H-pyrrole nitrogens is 1. The lowest BCUT2D eigenvalue weighted by Crippen LogP contribution is -2.56. The second-order valence-electron chi connectivity index (χ2n) is 4.69. The van der Waals surface area contributed by atoms with E-state index in [0.29, 0.717) is 29.6 Å². The molecular formula is C12H13N3O3. The number of benzene rings is 1. The zero-order valence-corrected chi connectivity index (χ0v) is 9.66. The van der Waals surface area contributed by atoms with Gasteiger partial charge in [-0.05, 0) is 37.5 Å². The maximum Gasteiger partial charge on any atom is 0.417 e. The van der Waals surface area contributed by atoms with Crippen molar-refractivity contribution in [3.05, 3.63) is 28.7 Å². The van der Waals surface area contributed by atoms with E-state index in [2.05, 4.69) is 10.3 Å². The largest absolute Gasteiger partial charge is 0.417 e. The summed E-state index contributed by atoms with van der Waals surface area (Å²) in [6.45, 7) is 0. The zero-order valence-electron chi connectivity index (χ0n) is 9.66. The average molecular weight is 247 g/mol. The molecule has 1 saturated carbocycles. The summed E-state index contributed by atoms with van der Waals surface area (Å²) < 4.78 is 4.88. The lowest BCUT2D eigenvalue weighted by molar-refractivity contribution is -0.123. The Labute approximate surface area is 102 Å². The topological polar surface area (TPSA) is 101 Å². The van der Waals surface area contributed by atoms with E-state index in [0.717, 1.165) is 6.42 Å². The summed E-state index contributed by atoms with van der Waals surface area (Å²) >= 11 is 0. The van der Waals surface area contributed by atoms with Crippen molar-refractivity contribution in [3.8, 4) is 0 Å². The Morgan fingerprint density at radius 3 is 2.89 bits per heavy atom. The number of oxazole rings is 1. The van der Waals surface area contributed by atoms with Crippen molar-refractivity contribution in [3.63, 3.8) is 0 Å². The van der Waals surface area contributed by atoms with Crippen LogP contribution >= 0.6 is 0 Å². The Bertz CT molecular complexity index is 667. The second-order valence-corrected chi connectivity index (χ2v) is 4.69. The average Bonchev–Trinajstić information content (AvgIpc) is 2.65. The Morgan fingerprint density at radius 2 is 2.22 bits per heavy atom. The van der Waals surface area contributed by atoms with Crippen LogP contribution in [0.3, 0.4) is 0 Å². The molecule has 6 heteroatoms. The molecule has 0 radical (unpaired) electrons. The molecule has 1 aromatic heterocycles. The smallest absolute Gasteiger partial charge is 0.408 e. The number of aromatic amines is 1. The monoisotopic (exact) mass is 247 g/mol. The van der Waals surface area contributed by atoms with Crippen molar-refractivity contribution in [1.29, 1.82) is 0 Å². The molecule has 0 spiro atoms. The molecule has 1 aliphatic rings. The third-order valence-corrected chi connectivity index (χ3v) is 3.37. The van der Waals surface area contributed by atoms with Crippen LogP contribution in [0.2, 0.25) is 0 Å². The van der Waals surface area contributed by atoms with Gasteiger partial charge in [-0.1, -0.05) is 0 Å². The number of carbonyl (C=O) groups is 1. The zero-order chi connectivity index (χ0) is 12.8. The molecule has 1 heterocycles. The van der Waals surface area contributed by atoms with Gasteiger partial charge < -0.3 is 15.5 Å². The van der Waals surface area contributed by atoms with Gasteiger partial charge in [0.2, 0.25) is 5.91 Å². The van der Waals surface area contributed by atoms with Gasteiger partial charge in [0.25, 0.3) is 0 Å². The molecule has 0 saturated heterocycles. The molecule has 1 amide bonds. The highest BCUT2D eigenvalue weighted by Crippen LogP contribution is 2.30. The second kappa shape index (κ2) is 3.71. The molecule has 1 aliphatic carbocycles. The van der Waals surface area contributed by atoms with Crippen LogP contribution in [0.5, 0.6) is 0 Å². The summed E-state index contributed by atoms with van der Waals surface area (Å²) in [7, 11) is 0. The molecule has 6 nitrogen and oxygen atoms in total. The number of aromatic nitrogens is 1. The van der Waals surface area contributed by atoms with Gasteiger partial charge >= 0.3 is 5.76 Å². The van der Waals surface area contributed by atoms with Crippen LogP contribution in [0.25, 0.3) is 11.1 Å². The minimum absolute atomic E-state index is 0.182. The third-order valence-electron chi connectivity index (χ3n) is 3.37. The first-order chi connectivity index (χ1) is 8.57. The van der Waals surface area contributed by atoms with Crippen LogP contribution in [-0.4, -0.2) is 16.4 Å². The number of rotatable bonds is 2. The molecule has 1 aromatic carbocycles. The van der Waals surface area contributed by atoms with E-state index >= 15 is 0 Å². The summed E-state index contributed by atoms with van der Waals surface area (Å²) in [6.07, 6.45) is 2.41. The van der Waals surface area contributed by atoms with E-state index in [9.17, 15) is 9.59 Å². The molecule has 3 rings (SSSR count). The number of fused-ring (bicyclic) bond motifs is 1. The molecular weight excluding hydrogens is 234 g/mol. The molecule has 94 valence electrons. The first-order valence-corrected chi connectivity index (χ1v) is 5.80. The Balaban J connectivity index is 1.86. The maximum atomic E-state index is 11.9. The lowest BCUT2D eigenvalue weighted by atomic mass is 9.77. The fourth-order valence-electron chi connectivity index (χ4n) is 2.07. The number of anilines is 1. The van der Waals surface area contributed by atoms with Crippen LogP contribution in [0.4, 0.5) is 5.69 Å². The summed E-state index contributed by atoms with van der Waals surface area (Å²) in [5, 5.41) is 2.76. The predicted molar refractivity (Wildman–Crippen MR) is 66.2 cm³/mol. The van der Waals surface area contributed by atoms with Gasteiger partial charge in [-0.3, -0.25) is 9.78 Å². The fourth-order valence-corrected chi connectivity index (χ4v) is 2.07. The minimum atomic E-state index is -0.737. The molecule has 0 bridgehead atoms.